The van der Waals surface area contributed by atoms with Crippen molar-refractivity contribution < 1.29 is 4.79 Å². The maximum absolute atomic E-state index is 12.4. The lowest BCUT2D eigenvalue weighted by molar-refractivity contribution is 0.103. The van der Waals surface area contributed by atoms with Crippen molar-refractivity contribution in [2.24, 2.45) is 0 Å². The number of rotatable bonds is 4. The zero-order valence-corrected chi connectivity index (χ0v) is 13.0. The highest BCUT2D eigenvalue weighted by Crippen LogP contribution is 2.19. The fourth-order valence-electron chi connectivity index (χ4n) is 2.44. The number of aromatic nitrogens is 4. The Morgan fingerprint density at radius 2 is 1.70 bits per heavy atom. The lowest BCUT2D eigenvalue weighted by Gasteiger charge is -2.09. The van der Waals surface area contributed by atoms with E-state index in [0.29, 0.717) is 0 Å². The van der Waals surface area contributed by atoms with Crippen molar-refractivity contribution in [3.05, 3.63) is 77.1 Å². The summed E-state index contributed by atoms with van der Waals surface area (Å²) in [5.41, 5.74) is 3.82. The number of hydrogen-bond donors (Lipinski definition) is 0. The molecule has 0 radical (unpaired) electrons. The third kappa shape index (κ3) is 3.08. The van der Waals surface area contributed by atoms with Crippen LogP contribution in [0.15, 0.2) is 54.6 Å². The first-order chi connectivity index (χ1) is 11.2. The van der Waals surface area contributed by atoms with Gasteiger partial charge in [0.25, 0.3) is 0 Å². The van der Waals surface area contributed by atoms with Crippen molar-refractivity contribution in [1.82, 2.24) is 20.2 Å². The minimum atomic E-state index is -0.235. The average molecular weight is 304 g/mol. The van der Waals surface area contributed by atoms with Gasteiger partial charge < -0.3 is 0 Å². The number of hydrogen-bond acceptors (Lipinski definition) is 4. The molecule has 3 rings (SSSR count). The normalized spacial score (nSPS) is 11.0. The van der Waals surface area contributed by atoms with Crippen LogP contribution in [0.1, 0.15) is 27.3 Å². The van der Waals surface area contributed by atoms with Gasteiger partial charge in [-0.15, -0.1) is 5.10 Å². The summed E-state index contributed by atoms with van der Waals surface area (Å²) < 4.78 is 1.50. The zero-order valence-electron chi connectivity index (χ0n) is 13.0. The summed E-state index contributed by atoms with van der Waals surface area (Å²) in [6.45, 7) is 3.94. The van der Waals surface area contributed by atoms with Gasteiger partial charge >= 0.3 is 0 Å². The Kier molecular flexibility index (Phi) is 4.10. The molecule has 0 unspecified atom stereocenters. The highest BCUT2D eigenvalue weighted by Gasteiger charge is 2.17. The van der Waals surface area contributed by atoms with Gasteiger partial charge in [0.15, 0.2) is 0 Å². The van der Waals surface area contributed by atoms with E-state index in [1.807, 2.05) is 62.4 Å². The van der Waals surface area contributed by atoms with Gasteiger partial charge in [0.05, 0.1) is 5.69 Å². The van der Waals surface area contributed by atoms with Crippen LogP contribution in [0.2, 0.25) is 0 Å². The predicted octanol–water partition coefficient (Wildman–Crippen LogP) is 3.18. The van der Waals surface area contributed by atoms with Crippen molar-refractivity contribution in [3.63, 3.8) is 0 Å². The molecule has 0 aliphatic carbocycles. The monoisotopic (exact) mass is 304 g/mol. The second-order valence-electron chi connectivity index (χ2n) is 5.26. The summed E-state index contributed by atoms with van der Waals surface area (Å²) in [4.78, 5) is 12.4. The molecule has 0 saturated heterocycles. The summed E-state index contributed by atoms with van der Waals surface area (Å²) in [5, 5.41) is 11.5. The topological polar surface area (TPSA) is 60.7 Å². The molecular weight excluding hydrogens is 288 g/mol. The summed E-state index contributed by atoms with van der Waals surface area (Å²) in [5.74, 6) is -0.0314. The molecule has 23 heavy (non-hydrogen) atoms. The molecule has 0 aliphatic heterocycles. The maximum atomic E-state index is 12.4. The van der Waals surface area contributed by atoms with Crippen LogP contribution < -0.4 is 0 Å². The molecule has 0 bridgehead atoms. The highest BCUT2D eigenvalue weighted by molar-refractivity contribution is 6.04. The second-order valence-corrected chi connectivity index (χ2v) is 5.26. The molecule has 114 valence electrons. The van der Waals surface area contributed by atoms with Crippen LogP contribution in [0.25, 0.3) is 11.8 Å². The van der Waals surface area contributed by atoms with Gasteiger partial charge in [0.1, 0.15) is 0 Å². The number of para-hydroxylation sites is 1. The van der Waals surface area contributed by atoms with E-state index in [-0.39, 0.29) is 11.6 Å². The predicted molar refractivity (Wildman–Crippen MR) is 88.4 cm³/mol. The van der Waals surface area contributed by atoms with E-state index in [9.17, 15) is 4.79 Å². The van der Waals surface area contributed by atoms with Crippen LogP contribution in [0, 0.1) is 13.8 Å². The van der Waals surface area contributed by atoms with E-state index in [1.54, 1.807) is 6.08 Å². The number of tetrazole rings is 1. The first-order valence-corrected chi connectivity index (χ1v) is 7.29. The summed E-state index contributed by atoms with van der Waals surface area (Å²) in [6, 6.07) is 15.5. The number of aryl methyl sites for hydroxylation is 2. The number of carbonyl (C=O) groups is 1. The second kappa shape index (κ2) is 6.36. The fraction of sp³-hybridized carbons (Fsp3) is 0.111. The number of ketones is 1. The van der Waals surface area contributed by atoms with Gasteiger partial charge in [-0.2, -0.15) is 4.68 Å². The summed E-state index contributed by atoms with van der Waals surface area (Å²) in [6.07, 6.45) is 3.25. The molecule has 2 aromatic carbocycles. The van der Waals surface area contributed by atoms with Crippen molar-refractivity contribution in [1.29, 1.82) is 0 Å². The molecule has 0 amide bonds. The molecule has 1 heterocycles. The molecular formula is C18H16N4O. The Bertz CT molecular complexity index is 845. The summed E-state index contributed by atoms with van der Waals surface area (Å²) in [7, 11) is 0. The first kappa shape index (κ1) is 14.8. The standard InChI is InChI=1S/C18H16N4O/c1-13-7-6-8-14(2)17(13)22-18(19-20-21-22)16(23)12-11-15-9-4-3-5-10-15/h3-12H,1-2H3/b12-11+. The molecule has 5 nitrogen and oxygen atoms in total. The number of allylic oxidation sites excluding steroid dienone is 1. The van der Waals surface area contributed by atoms with Gasteiger partial charge in [-0.1, -0.05) is 54.6 Å². The third-order valence-corrected chi connectivity index (χ3v) is 3.57. The Labute approximate surface area is 134 Å². The first-order valence-electron chi connectivity index (χ1n) is 7.29. The van der Waals surface area contributed by atoms with Gasteiger partial charge in [-0.25, -0.2) is 0 Å². The minimum absolute atomic E-state index is 0.203. The lowest BCUT2D eigenvalue weighted by atomic mass is 10.1. The SMILES string of the molecule is Cc1cccc(C)c1-n1nnnc1C(=O)/C=C/c1ccccc1. The van der Waals surface area contributed by atoms with Crippen molar-refractivity contribution in [2.75, 3.05) is 0 Å². The molecule has 0 atom stereocenters. The molecule has 1 aromatic heterocycles. The Morgan fingerprint density at radius 3 is 2.39 bits per heavy atom. The molecule has 0 N–H and O–H groups in total. The Morgan fingerprint density at radius 1 is 1.00 bits per heavy atom. The zero-order chi connectivity index (χ0) is 16.2. The van der Waals surface area contributed by atoms with Gasteiger partial charge in [0.2, 0.25) is 11.6 Å². The largest absolute Gasteiger partial charge is 0.286 e. The Balaban J connectivity index is 1.95. The van der Waals surface area contributed by atoms with Gasteiger partial charge in [0, 0.05) is 0 Å². The molecule has 0 spiro atoms. The van der Waals surface area contributed by atoms with E-state index in [0.717, 1.165) is 22.4 Å². The molecule has 3 aromatic rings. The molecule has 0 fully saturated rings. The van der Waals surface area contributed by atoms with Crippen LogP contribution in [0.3, 0.4) is 0 Å². The van der Waals surface area contributed by atoms with Crippen LogP contribution in [0.5, 0.6) is 0 Å². The van der Waals surface area contributed by atoms with Crippen LogP contribution in [-0.2, 0) is 0 Å². The van der Waals surface area contributed by atoms with E-state index in [4.69, 9.17) is 0 Å². The fourth-order valence-corrected chi connectivity index (χ4v) is 2.44. The van der Waals surface area contributed by atoms with Gasteiger partial charge in [-0.3, -0.25) is 4.79 Å². The van der Waals surface area contributed by atoms with Gasteiger partial charge in [-0.05, 0) is 47.0 Å². The maximum Gasteiger partial charge on any atom is 0.227 e. The van der Waals surface area contributed by atoms with E-state index < -0.39 is 0 Å². The molecule has 0 aliphatic rings. The van der Waals surface area contributed by atoms with E-state index >= 15 is 0 Å². The van der Waals surface area contributed by atoms with Crippen LogP contribution in [-0.4, -0.2) is 26.0 Å². The van der Waals surface area contributed by atoms with Crippen molar-refractivity contribution in [3.8, 4) is 5.69 Å². The van der Waals surface area contributed by atoms with Crippen LogP contribution in [0.4, 0.5) is 0 Å². The third-order valence-electron chi connectivity index (χ3n) is 3.57. The highest BCUT2D eigenvalue weighted by atomic mass is 16.1. The minimum Gasteiger partial charge on any atom is -0.286 e. The smallest absolute Gasteiger partial charge is 0.227 e. The Hall–Kier alpha value is -3.08. The number of nitrogens with zero attached hydrogens (tertiary/aromatic N) is 4. The number of carbonyl (C=O) groups excluding carboxylic acids is 1. The molecule has 0 saturated carbocycles. The van der Waals surface area contributed by atoms with E-state index in [2.05, 4.69) is 15.5 Å². The van der Waals surface area contributed by atoms with E-state index in [1.165, 1.54) is 10.8 Å². The summed E-state index contributed by atoms with van der Waals surface area (Å²) >= 11 is 0. The quantitative estimate of drug-likeness (QED) is 0.548. The number of benzene rings is 2. The lowest BCUT2D eigenvalue weighted by Crippen LogP contribution is -2.10. The van der Waals surface area contributed by atoms with Crippen LogP contribution >= 0.6 is 0 Å². The average Bonchev–Trinajstić information content (AvgIpc) is 3.03. The van der Waals surface area contributed by atoms with Crippen molar-refractivity contribution in [2.45, 2.75) is 13.8 Å². The van der Waals surface area contributed by atoms with Crippen molar-refractivity contribution >= 4 is 11.9 Å². The molecule has 5 heteroatoms.